The number of fused-ring (bicyclic) bond motifs is 1. The number of aryl methyl sites for hydroxylation is 1. The van der Waals surface area contributed by atoms with Crippen molar-refractivity contribution in [2.45, 2.75) is 35.1 Å². The van der Waals surface area contributed by atoms with Gasteiger partial charge < -0.3 is 25.5 Å². The van der Waals surface area contributed by atoms with Crippen molar-refractivity contribution < 1.29 is 26.3 Å². The summed E-state index contributed by atoms with van der Waals surface area (Å²) < 4.78 is 72.1. The highest BCUT2D eigenvalue weighted by Gasteiger charge is 2.36. The van der Waals surface area contributed by atoms with E-state index in [0.29, 0.717) is 39.2 Å². The minimum absolute atomic E-state index is 0.0831. The number of hydrogen-bond donors (Lipinski definition) is 3. The van der Waals surface area contributed by atoms with Gasteiger partial charge in [-0.05, 0) is 65.2 Å². The van der Waals surface area contributed by atoms with Crippen LogP contribution in [0.2, 0.25) is 0 Å². The van der Waals surface area contributed by atoms with E-state index >= 15 is 0 Å². The SMILES string of the molecule is COc1ccc(CNS(=O)(=O)c2c(S(=O)(=O)[C@@H](C)CN)ccc(-c3cccc4c3nc(N)n4C)c2-c2nnn(Cc3ccc(OC)cc3)n2)cc1. The zero-order valence-corrected chi connectivity index (χ0v) is 29.9. The van der Waals surface area contributed by atoms with Gasteiger partial charge in [-0.15, -0.1) is 10.2 Å². The topological polar surface area (TPSA) is 212 Å². The molecule has 17 heteroatoms. The average Bonchev–Trinajstić information content (AvgIpc) is 3.73. The lowest BCUT2D eigenvalue weighted by atomic mass is 9.98. The predicted octanol–water partition coefficient (Wildman–Crippen LogP) is 3.14. The Balaban J connectivity index is 1.60. The zero-order valence-electron chi connectivity index (χ0n) is 28.3. The summed E-state index contributed by atoms with van der Waals surface area (Å²) in [5.74, 6) is 1.37. The van der Waals surface area contributed by atoms with E-state index in [0.717, 1.165) is 5.56 Å². The number of sulfonamides is 1. The number of anilines is 1. The van der Waals surface area contributed by atoms with Crippen LogP contribution in [0.4, 0.5) is 5.95 Å². The normalized spacial score (nSPS) is 12.6. The van der Waals surface area contributed by atoms with Gasteiger partial charge in [0.15, 0.2) is 9.84 Å². The first-order valence-corrected chi connectivity index (χ1v) is 18.8. The van der Waals surface area contributed by atoms with Gasteiger partial charge in [0, 0.05) is 25.7 Å². The van der Waals surface area contributed by atoms with Crippen LogP contribution in [0, 0.1) is 0 Å². The van der Waals surface area contributed by atoms with E-state index in [-0.39, 0.29) is 37.0 Å². The molecule has 0 spiro atoms. The Labute approximate surface area is 295 Å². The van der Waals surface area contributed by atoms with E-state index in [1.54, 1.807) is 67.3 Å². The van der Waals surface area contributed by atoms with E-state index in [9.17, 15) is 16.8 Å². The van der Waals surface area contributed by atoms with Crippen molar-refractivity contribution in [2.75, 3.05) is 26.5 Å². The molecule has 266 valence electrons. The summed E-state index contributed by atoms with van der Waals surface area (Å²) in [6.07, 6.45) is 0. The van der Waals surface area contributed by atoms with Crippen LogP contribution in [-0.4, -0.2) is 72.6 Å². The van der Waals surface area contributed by atoms with E-state index in [2.05, 4.69) is 25.1 Å². The molecular weight excluding hydrogens is 695 g/mol. The highest BCUT2D eigenvalue weighted by molar-refractivity contribution is 7.94. The number of ether oxygens (including phenoxy) is 2. The summed E-state index contributed by atoms with van der Waals surface area (Å²) in [6.45, 7) is 1.19. The Morgan fingerprint density at radius 3 is 2.14 bits per heavy atom. The van der Waals surface area contributed by atoms with E-state index in [1.807, 2.05) is 18.2 Å². The number of sulfone groups is 1. The number of nitrogens with zero attached hydrogens (tertiary/aromatic N) is 6. The Bertz CT molecular complexity index is 2430. The van der Waals surface area contributed by atoms with Gasteiger partial charge in [-0.25, -0.2) is 26.5 Å². The molecule has 4 aromatic carbocycles. The lowest BCUT2D eigenvalue weighted by molar-refractivity contribution is 0.414. The number of rotatable bonds is 13. The molecule has 0 unspecified atom stereocenters. The molecule has 0 fully saturated rings. The molecule has 2 aromatic heterocycles. The molecule has 5 N–H and O–H groups in total. The molecular formula is C34H37N9O6S2. The smallest absolute Gasteiger partial charge is 0.242 e. The first kappa shape index (κ1) is 35.5. The minimum atomic E-state index is -4.64. The third-order valence-electron chi connectivity index (χ3n) is 8.58. The lowest BCUT2D eigenvalue weighted by Crippen LogP contribution is -2.31. The fourth-order valence-corrected chi connectivity index (χ4v) is 8.88. The van der Waals surface area contributed by atoms with Crippen LogP contribution < -0.4 is 25.7 Å². The second-order valence-corrected chi connectivity index (χ2v) is 15.8. The van der Waals surface area contributed by atoms with E-state index in [4.69, 9.17) is 20.9 Å². The maximum absolute atomic E-state index is 14.6. The average molecular weight is 732 g/mol. The van der Waals surface area contributed by atoms with Crippen LogP contribution in [0.3, 0.4) is 0 Å². The number of tetrazole rings is 1. The number of hydrogen-bond acceptors (Lipinski definition) is 12. The molecule has 0 aliphatic heterocycles. The van der Waals surface area contributed by atoms with Crippen molar-refractivity contribution in [1.82, 2.24) is 34.5 Å². The molecule has 0 amide bonds. The highest BCUT2D eigenvalue weighted by Crippen LogP contribution is 2.42. The van der Waals surface area contributed by atoms with Gasteiger partial charge in [0.05, 0.1) is 47.5 Å². The van der Waals surface area contributed by atoms with Crippen molar-refractivity contribution in [3.8, 4) is 34.0 Å². The molecule has 0 aliphatic carbocycles. The van der Waals surface area contributed by atoms with Crippen LogP contribution in [0.5, 0.6) is 11.5 Å². The standard InChI is InChI=1S/C34H37N9O6S2/c1-21(18-35)50(44,45)29-17-16-26(27-6-5-7-28-31(27)38-34(36)42(28)2)30(32(29)51(46,47)37-19-22-8-12-24(48-3)13-9-22)33-39-41-43(40-33)20-23-10-14-25(49-4)15-11-23/h5-17,21,37H,18-20,35H2,1-4H3,(H2,36,38)/t21-/m0/s1. The first-order chi connectivity index (χ1) is 24.4. The fraction of sp³-hybridized carbons (Fsp3) is 0.235. The molecule has 6 aromatic rings. The second kappa shape index (κ2) is 14.1. The Hall–Kier alpha value is -5.36. The van der Waals surface area contributed by atoms with Gasteiger partial charge in [0.25, 0.3) is 0 Å². The number of methoxy groups -OCH3 is 2. The van der Waals surface area contributed by atoms with Gasteiger partial charge in [-0.2, -0.15) is 4.80 Å². The third-order valence-corrected chi connectivity index (χ3v) is 12.4. The summed E-state index contributed by atoms with van der Waals surface area (Å²) in [4.78, 5) is 4.85. The van der Waals surface area contributed by atoms with Crippen LogP contribution in [0.1, 0.15) is 18.1 Å². The van der Waals surface area contributed by atoms with Crippen LogP contribution in [0.15, 0.2) is 88.7 Å². The summed E-state index contributed by atoms with van der Waals surface area (Å²) in [5.41, 5.74) is 15.3. The van der Waals surface area contributed by atoms with E-state index in [1.165, 1.54) is 31.0 Å². The Morgan fingerprint density at radius 2 is 1.51 bits per heavy atom. The number of nitrogens with one attached hydrogen (secondary N) is 1. The quantitative estimate of drug-likeness (QED) is 0.156. The van der Waals surface area contributed by atoms with Gasteiger partial charge in [0.1, 0.15) is 16.4 Å². The van der Waals surface area contributed by atoms with Crippen molar-refractivity contribution >= 4 is 36.8 Å². The number of para-hydroxylation sites is 1. The number of aromatic nitrogens is 6. The second-order valence-electron chi connectivity index (χ2n) is 11.8. The first-order valence-electron chi connectivity index (χ1n) is 15.7. The highest BCUT2D eigenvalue weighted by atomic mass is 32.2. The minimum Gasteiger partial charge on any atom is -0.497 e. The van der Waals surface area contributed by atoms with Gasteiger partial charge in [-0.1, -0.05) is 42.5 Å². The third kappa shape index (κ3) is 6.88. The monoisotopic (exact) mass is 731 g/mol. The summed E-state index contributed by atoms with van der Waals surface area (Å²) in [5, 5.41) is 12.0. The largest absolute Gasteiger partial charge is 0.497 e. The van der Waals surface area contributed by atoms with Gasteiger partial charge in [0.2, 0.25) is 21.8 Å². The maximum atomic E-state index is 14.6. The molecule has 6 rings (SSSR count). The summed E-state index contributed by atoms with van der Waals surface area (Å²) >= 11 is 0. The molecule has 2 heterocycles. The van der Waals surface area contributed by atoms with Crippen LogP contribution in [-0.2, 0) is 40.0 Å². The molecule has 0 saturated carbocycles. The molecule has 0 radical (unpaired) electrons. The Morgan fingerprint density at radius 1 is 0.863 bits per heavy atom. The molecule has 0 saturated heterocycles. The van der Waals surface area contributed by atoms with Gasteiger partial charge >= 0.3 is 0 Å². The van der Waals surface area contributed by atoms with E-state index < -0.39 is 34.9 Å². The molecule has 1 atom stereocenters. The predicted molar refractivity (Wildman–Crippen MR) is 192 cm³/mol. The number of nitrogen functional groups attached to an aromatic ring is 1. The molecule has 15 nitrogen and oxygen atoms in total. The number of nitrogens with two attached hydrogens (primary N) is 2. The summed E-state index contributed by atoms with van der Waals surface area (Å²) in [6, 6.07) is 22.2. The molecule has 0 aliphatic rings. The maximum Gasteiger partial charge on any atom is 0.242 e. The van der Waals surface area contributed by atoms with Gasteiger partial charge in [-0.3, -0.25) is 0 Å². The zero-order chi connectivity index (χ0) is 36.5. The summed E-state index contributed by atoms with van der Waals surface area (Å²) in [7, 11) is -4.10. The number of benzene rings is 4. The van der Waals surface area contributed by atoms with Crippen molar-refractivity contribution in [3.05, 3.63) is 90.0 Å². The van der Waals surface area contributed by atoms with Crippen molar-refractivity contribution in [3.63, 3.8) is 0 Å². The van der Waals surface area contributed by atoms with Crippen molar-refractivity contribution in [2.24, 2.45) is 12.8 Å². The number of imidazole rings is 1. The fourth-order valence-electron chi connectivity index (χ4n) is 5.59. The van der Waals surface area contributed by atoms with Crippen LogP contribution >= 0.6 is 0 Å². The Kier molecular flexibility index (Phi) is 9.81. The van der Waals surface area contributed by atoms with Crippen LogP contribution in [0.25, 0.3) is 33.5 Å². The van der Waals surface area contributed by atoms with Crippen molar-refractivity contribution in [1.29, 1.82) is 0 Å². The molecule has 0 bridgehead atoms. The lowest BCUT2D eigenvalue weighted by Gasteiger charge is -2.20. The molecule has 51 heavy (non-hydrogen) atoms.